The van der Waals surface area contributed by atoms with Gasteiger partial charge in [0.05, 0.1) is 10.6 Å². The van der Waals surface area contributed by atoms with E-state index in [1.54, 1.807) is 30.1 Å². The normalized spacial score (nSPS) is 10.2. The smallest absolute Gasteiger partial charge is 0.255 e. The molecule has 0 aromatic heterocycles. The van der Waals surface area contributed by atoms with Crippen LogP contribution in [0.15, 0.2) is 18.2 Å². The Kier molecular flexibility index (Phi) is 4.62. The standard InChI is InChI=1S/C12H17ClN2O/c1-3-4-7-15(2)12(16)10-8-9(14)5-6-11(10)13/h5-6,8H,3-4,7,14H2,1-2H3. The van der Waals surface area contributed by atoms with Gasteiger partial charge in [-0.05, 0) is 24.6 Å². The number of halogens is 1. The predicted octanol–water partition coefficient (Wildman–Crippen LogP) is 2.79. The number of amides is 1. The molecule has 88 valence electrons. The van der Waals surface area contributed by atoms with Crippen LogP contribution in [0, 0.1) is 0 Å². The molecule has 0 bridgehead atoms. The maximum Gasteiger partial charge on any atom is 0.255 e. The first-order valence-electron chi connectivity index (χ1n) is 5.36. The quantitative estimate of drug-likeness (QED) is 0.823. The molecule has 16 heavy (non-hydrogen) atoms. The van der Waals surface area contributed by atoms with Gasteiger partial charge in [0, 0.05) is 19.3 Å². The van der Waals surface area contributed by atoms with E-state index in [9.17, 15) is 4.79 Å². The summed E-state index contributed by atoms with van der Waals surface area (Å²) in [4.78, 5) is 13.7. The average molecular weight is 241 g/mol. The summed E-state index contributed by atoms with van der Waals surface area (Å²) in [5.74, 6) is -0.0780. The van der Waals surface area contributed by atoms with Crippen molar-refractivity contribution in [3.8, 4) is 0 Å². The number of rotatable bonds is 4. The Morgan fingerprint density at radius 3 is 2.81 bits per heavy atom. The number of anilines is 1. The molecule has 0 saturated carbocycles. The first kappa shape index (κ1) is 12.8. The van der Waals surface area contributed by atoms with Crippen molar-refractivity contribution in [1.82, 2.24) is 4.90 Å². The Labute approximate surface area is 101 Å². The van der Waals surface area contributed by atoms with Crippen molar-refractivity contribution < 1.29 is 4.79 Å². The van der Waals surface area contributed by atoms with Gasteiger partial charge in [0.25, 0.3) is 5.91 Å². The van der Waals surface area contributed by atoms with Gasteiger partial charge in [-0.2, -0.15) is 0 Å². The van der Waals surface area contributed by atoms with Crippen LogP contribution in [-0.2, 0) is 0 Å². The molecule has 1 aromatic carbocycles. The summed E-state index contributed by atoms with van der Waals surface area (Å²) in [7, 11) is 1.78. The van der Waals surface area contributed by atoms with E-state index in [1.807, 2.05) is 0 Å². The summed E-state index contributed by atoms with van der Waals surface area (Å²) < 4.78 is 0. The summed E-state index contributed by atoms with van der Waals surface area (Å²) >= 11 is 5.97. The van der Waals surface area contributed by atoms with E-state index in [0.29, 0.717) is 16.3 Å². The first-order chi connectivity index (χ1) is 7.56. The van der Waals surface area contributed by atoms with E-state index in [0.717, 1.165) is 19.4 Å². The van der Waals surface area contributed by atoms with Crippen LogP contribution in [-0.4, -0.2) is 24.4 Å². The van der Waals surface area contributed by atoms with Crippen LogP contribution in [0.25, 0.3) is 0 Å². The van der Waals surface area contributed by atoms with Gasteiger partial charge in [-0.15, -0.1) is 0 Å². The molecule has 0 aliphatic carbocycles. The molecule has 1 aromatic rings. The van der Waals surface area contributed by atoms with Crippen LogP contribution in [0.1, 0.15) is 30.1 Å². The summed E-state index contributed by atoms with van der Waals surface area (Å²) in [6.07, 6.45) is 2.05. The molecule has 1 amide bonds. The van der Waals surface area contributed by atoms with Crippen LogP contribution >= 0.6 is 11.6 Å². The largest absolute Gasteiger partial charge is 0.399 e. The lowest BCUT2D eigenvalue weighted by atomic mass is 10.1. The maximum atomic E-state index is 12.0. The number of hydrogen-bond donors (Lipinski definition) is 1. The van der Waals surface area contributed by atoms with Crippen LogP contribution in [0.3, 0.4) is 0 Å². The van der Waals surface area contributed by atoms with Crippen molar-refractivity contribution >= 4 is 23.2 Å². The van der Waals surface area contributed by atoms with Crippen LogP contribution in [0.2, 0.25) is 5.02 Å². The SMILES string of the molecule is CCCCN(C)C(=O)c1cc(N)ccc1Cl. The summed E-state index contributed by atoms with van der Waals surface area (Å²) in [6, 6.07) is 4.95. The van der Waals surface area contributed by atoms with Gasteiger partial charge in [0.15, 0.2) is 0 Å². The monoisotopic (exact) mass is 240 g/mol. The fraction of sp³-hybridized carbons (Fsp3) is 0.417. The number of nitrogen functional groups attached to an aromatic ring is 1. The van der Waals surface area contributed by atoms with E-state index in [-0.39, 0.29) is 5.91 Å². The molecule has 0 unspecified atom stereocenters. The van der Waals surface area contributed by atoms with Gasteiger partial charge in [-0.25, -0.2) is 0 Å². The minimum absolute atomic E-state index is 0.0780. The summed E-state index contributed by atoms with van der Waals surface area (Å²) in [5, 5.41) is 0.447. The number of benzene rings is 1. The topological polar surface area (TPSA) is 46.3 Å². The highest BCUT2D eigenvalue weighted by Gasteiger charge is 2.14. The molecule has 0 aliphatic rings. The Bertz CT molecular complexity index is 379. The molecule has 0 heterocycles. The van der Waals surface area contributed by atoms with Gasteiger partial charge >= 0.3 is 0 Å². The molecule has 0 atom stereocenters. The zero-order valence-electron chi connectivity index (χ0n) is 9.66. The molecule has 0 aliphatic heterocycles. The zero-order chi connectivity index (χ0) is 12.1. The van der Waals surface area contributed by atoms with Gasteiger partial charge in [0.1, 0.15) is 0 Å². The van der Waals surface area contributed by atoms with Gasteiger partial charge in [-0.3, -0.25) is 4.79 Å². The summed E-state index contributed by atoms with van der Waals surface area (Å²) in [5.41, 5.74) is 6.66. The van der Waals surface area contributed by atoms with E-state index in [4.69, 9.17) is 17.3 Å². The zero-order valence-corrected chi connectivity index (χ0v) is 10.4. The van der Waals surface area contributed by atoms with Crippen molar-refractivity contribution in [3.05, 3.63) is 28.8 Å². The highest BCUT2D eigenvalue weighted by atomic mass is 35.5. The maximum absolute atomic E-state index is 12.0. The average Bonchev–Trinajstić information content (AvgIpc) is 2.28. The molecule has 0 fully saturated rings. The van der Waals surface area contributed by atoms with Gasteiger partial charge < -0.3 is 10.6 Å². The minimum Gasteiger partial charge on any atom is -0.399 e. The first-order valence-corrected chi connectivity index (χ1v) is 5.74. The van der Waals surface area contributed by atoms with Gasteiger partial charge in [-0.1, -0.05) is 24.9 Å². The van der Waals surface area contributed by atoms with E-state index in [1.165, 1.54) is 0 Å². The number of nitrogens with two attached hydrogens (primary N) is 1. The fourth-order valence-electron chi connectivity index (χ4n) is 1.41. The van der Waals surface area contributed by atoms with Crippen LogP contribution < -0.4 is 5.73 Å². The number of carbonyl (C=O) groups is 1. The molecule has 3 nitrogen and oxygen atoms in total. The van der Waals surface area contributed by atoms with Crippen molar-refractivity contribution in [2.24, 2.45) is 0 Å². The highest BCUT2D eigenvalue weighted by Crippen LogP contribution is 2.20. The lowest BCUT2D eigenvalue weighted by molar-refractivity contribution is 0.0793. The molecule has 0 radical (unpaired) electrons. The Morgan fingerprint density at radius 1 is 1.50 bits per heavy atom. The van der Waals surface area contributed by atoms with Crippen molar-refractivity contribution in [3.63, 3.8) is 0 Å². The third-order valence-electron chi connectivity index (χ3n) is 2.41. The fourth-order valence-corrected chi connectivity index (χ4v) is 1.61. The second kappa shape index (κ2) is 5.75. The number of hydrogen-bond acceptors (Lipinski definition) is 2. The third kappa shape index (κ3) is 3.14. The number of nitrogens with zero attached hydrogens (tertiary/aromatic N) is 1. The Morgan fingerprint density at radius 2 is 2.19 bits per heavy atom. The second-order valence-corrected chi connectivity index (χ2v) is 4.23. The Hall–Kier alpha value is -1.22. The highest BCUT2D eigenvalue weighted by molar-refractivity contribution is 6.33. The van der Waals surface area contributed by atoms with Crippen LogP contribution in [0.5, 0.6) is 0 Å². The number of carbonyl (C=O) groups excluding carboxylic acids is 1. The Balaban J connectivity index is 2.83. The van der Waals surface area contributed by atoms with Crippen molar-refractivity contribution in [1.29, 1.82) is 0 Å². The molecule has 1 rings (SSSR count). The van der Waals surface area contributed by atoms with Crippen molar-refractivity contribution in [2.75, 3.05) is 19.3 Å². The predicted molar refractivity (Wildman–Crippen MR) is 67.7 cm³/mol. The lowest BCUT2D eigenvalue weighted by Crippen LogP contribution is -2.28. The van der Waals surface area contributed by atoms with E-state index < -0.39 is 0 Å². The molecule has 0 saturated heterocycles. The molecule has 0 spiro atoms. The third-order valence-corrected chi connectivity index (χ3v) is 2.74. The van der Waals surface area contributed by atoms with Gasteiger partial charge in [0.2, 0.25) is 0 Å². The molecule has 4 heteroatoms. The lowest BCUT2D eigenvalue weighted by Gasteiger charge is -2.17. The number of unbranched alkanes of at least 4 members (excludes halogenated alkanes) is 1. The molecular weight excluding hydrogens is 224 g/mol. The van der Waals surface area contributed by atoms with E-state index in [2.05, 4.69) is 6.92 Å². The molecular formula is C12H17ClN2O. The summed E-state index contributed by atoms with van der Waals surface area (Å²) in [6.45, 7) is 2.83. The molecule has 2 N–H and O–H groups in total. The van der Waals surface area contributed by atoms with Crippen molar-refractivity contribution in [2.45, 2.75) is 19.8 Å². The van der Waals surface area contributed by atoms with E-state index >= 15 is 0 Å². The van der Waals surface area contributed by atoms with Crippen LogP contribution in [0.4, 0.5) is 5.69 Å². The minimum atomic E-state index is -0.0780. The second-order valence-electron chi connectivity index (χ2n) is 3.82.